The molecule has 0 bridgehead atoms. The van der Waals surface area contributed by atoms with E-state index in [9.17, 15) is 0 Å². The summed E-state index contributed by atoms with van der Waals surface area (Å²) in [6, 6.07) is 3.55. The quantitative estimate of drug-likeness (QED) is 0.732. The predicted octanol–water partition coefficient (Wildman–Crippen LogP) is 1.93. The third kappa shape index (κ3) is 2.33. The van der Waals surface area contributed by atoms with Crippen molar-refractivity contribution in [2.75, 3.05) is 0 Å². The summed E-state index contributed by atoms with van der Waals surface area (Å²) in [7, 11) is 0. The van der Waals surface area contributed by atoms with E-state index >= 15 is 0 Å². The van der Waals surface area contributed by atoms with Crippen LogP contribution in [0.25, 0.3) is 11.6 Å². The van der Waals surface area contributed by atoms with Crippen LogP contribution >= 0.6 is 15.9 Å². The van der Waals surface area contributed by atoms with E-state index in [2.05, 4.69) is 36.2 Å². The van der Waals surface area contributed by atoms with Gasteiger partial charge in [0.05, 0.1) is 6.54 Å². The number of rotatable bonds is 4. The van der Waals surface area contributed by atoms with Gasteiger partial charge < -0.3 is 8.94 Å². The summed E-state index contributed by atoms with van der Waals surface area (Å²) in [5.41, 5.74) is 0. The molecule has 3 rings (SSSR count). The van der Waals surface area contributed by atoms with E-state index in [1.54, 1.807) is 23.1 Å². The Bertz CT molecular complexity index is 630. The Morgan fingerprint density at radius 2 is 2.28 bits per heavy atom. The molecule has 92 valence electrons. The number of hydrogen-bond acceptors (Lipinski definition) is 6. The minimum atomic E-state index is 0.439. The second kappa shape index (κ2) is 4.73. The SMILES string of the molecule is Brc1ccc(-c2noc(CCn3cncn3)n2)o1. The monoisotopic (exact) mass is 309 g/mol. The highest BCUT2D eigenvalue weighted by atomic mass is 79.9. The Labute approximate surface area is 110 Å². The van der Waals surface area contributed by atoms with Crippen LogP contribution in [0.5, 0.6) is 0 Å². The van der Waals surface area contributed by atoms with Crippen molar-refractivity contribution in [2.24, 2.45) is 0 Å². The molecule has 0 aromatic carbocycles. The molecule has 3 heterocycles. The van der Waals surface area contributed by atoms with Crippen LogP contribution in [-0.4, -0.2) is 24.9 Å². The molecular weight excluding hydrogens is 302 g/mol. The Morgan fingerprint density at radius 3 is 3.00 bits per heavy atom. The van der Waals surface area contributed by atoms with Gasteiger partial charge in [0.15, 0.2) is 10.4 Å². The van der Waals surface area contributed by atoms with Crippen molar-refractivity contribution in [1.82, 2.24) is 24.9 Å². The summed E-state index contributed by atoms with van der Waals surface area (Å²) < 4.78 is 12.8. The second-order valence-corrected chi connectivity index (χ2v) is 4.31. The highest BCUT2D eigenvalue weighted by Crippen LogP contribution is 2.22. The zero-order valence-electron chi connectivity index (χ0n) is 9.15. The van der Waals surface area contributed by atoms with Gasteiger partial charge in [-0.3, -0.25) is 4.68 Å². The fourth-order valence-electron chi connectivity index (χ4n) is 1.45. The summed E-state index contributed by atoms with van der Waals surface area (Å²) in [6.45, 7) is 0.642. The van der Waals surface area contributed by atoms with Crippen LogP contribution in [0.1, 0.15) is 5.89 Å². The van der Waals surface area contributed by atoms with Gasteiger partial charge >= 0.3 is 0 Å². The predicted molar refractivity (Wildman–Crippen MR) is 63.4 cm³/mol. The molecule has 0 fully saturated rings. The van der Waals surface area contributed by atoms with Crippen LogP contribution in [0.3, 0.4) is 0 Å². The van der Waals surface area contributed by atoms with Crippen molar-refractivity contribution in [3.8, 4) is 11.6 Å². The molecule has 0 saturated carbocycles. The molecule has 0 atom stereocenters. The highest BCUT2D eigenvalue weighted by Gasteiger charge is 2.12. The van der Waals surface area contributed by atoms with Crippen molar-refractivity contribution in [3.05, 3.63) is 35.3 Å². The fourth-order valence-corrected chi connectivity index (χ4v) is 1.76. The summed E-state index contributed by atoms with van der Waals surface area (Å²) in [5.74, 6) is 1.54. The van der Waals surface area contributed by atoms with E-state index in [4.69, 9.17) is 8.94 Å². The molecule has 3 aromatic rings. The van der Waals surface area contributed by atoms with Crippen molar-refractivity contribution >= 4 is 15.9 Å². The number of furan rings is 1. The number of aromatic nitrogens is 5. The van der Waals surface area contributed by atoms with E-state index in [0.717, 1.165) is 0 Å². The smallest absolute Gasteiger partial charge is 0.238 e. The lowest BCUT2D eigenvalue weighted by atomic mass is 10.4. The summed E-state index contributed by atoms with van der Waals surface area (Å²) >= 11 is 3.22. The van der Waals surface area contributed by atoms with Gasteiger partial charge in [0.1, 0.15) is 12.7 Å². The minimum Gasteiger partial charge on any atom is -0.446 e. The molecule has 0 aliphatic carbocycles. The summed E-state index contributed by atoms with van der Waals surface area (Å²) in [5, 5.41) is 7.84. The van der Waals surface area contributed by atoms with Gasteiger partial charge in [-0.2, -0.15) is 10.1 Å². The van der Waals surface area contributed by atoms with E-state index in [1.807, 2.05) is 0 Å². The average molecular weight is 310 g/mol. The van der Waals surface area contributed by atoms with Crippen LogP contribution in [0.4, 0.5) is 0 Å². The standard InChI is InChI=1S/C10H8BrN5O2/c11-8-2-1-7(17-8)10-14-9(18-15-10)3-4-16-6-12-5-13-16/h1-2,5-6H,3-4H2. The lowest BCUT2D eigenvalue weighted by molar-refractivity contribution is 0.368. The van der Waals surface area contributed by atoms with Crippen LogP contribution < -0.4 is 0 Å². The number of aryl methyl sites for hydroxylation is 2. The van der Waals surface area contributed by atoms with Gasteiger partial charge in [0.2, 0.25) is 11.7 Å². The first-order valence-electron chi connectivity index (χ1n) is 5.22. The summed E-state index contributed by atoms with van der Waals surface area (Å²) in [6.07, 6.45) is 3.72. The van der Waals surface area contributed by atoms with E-state index in [0.29, 0.717) is 35.1 Å². The zero-order chi connectivity index (χ0) is 12.4. The Balaban J connectivity index is 1.70. The molecule has 3 aromatic heterocycles. The molecule has 0 N–H and O–H groups in total. The maximum Gasteiger partial charge on any atom is 0.238 e. The molecule has 0 unspecified atom stereocenters. The maximum atomic E-state index is 5.34. The molecule has 8 heteroatoms. The third-order valence-electron chi connectivity index (χ3n) is 2.28. The van der Waals surface area contributed by atoms with Gasteiger partial charge in [0.25, 0.3) is 0 Å². The van der Waals surface area contributed by atoms with Crippen molar-refractivity contribution < 1.29 is 8.94 Å². The number of halogens is 1. The van der Waals surface area contributed by atoms with Gasteiger partial charge in [-0.15, -0.1) is 0 Å². The van der Waals surface area contributed by atoms with Crippen LogP contribution in [0, 0.1) is 0 Å². The van der Waals surface area contributed by atoms with Crippen molar-refractivity contribution in [1.29, 1.82) is 0 Å². The molecule has 7 nitrogen and oxygen atoms in total. The average Bonchev–Trinajstić information content (AvgIpc) is 3.07. The van der Waals surface area contributed by atoms with Crippen LogP contribution in [-0.2, 0) is 13.0 Å². The van der Waals surface area contributed by atoms with Gasteiger partial charge in [-0.25, -0.2) is 4.98 Å². The lowest BCUT2D eigenvalue weighted by Gasteiger charge is -1.94. The second-order valence-electron chi connectivity index (χ2n) is 3.52. The molecule has 0 radical (unpaired) electrons. The first-order valence-corrected chi connectivity index (χ1v) is 6.01. The molecule has 0 aliphatic rings. The van der Waals surface area contributed by atoms with Crippen molar-refractivity contribution in [2.45, 2.75) is 13.0 Å². The zero-order valence-corrected chi connectivity index (χ0v) is 10.7. The largest absolute Gasteiger partial charge is 0.446 e. The van der Waals surface area contributed by atoms with Gasteiger partial charge in [0, 0.05) is 6.42 Å². The normalized spacial score (nSPS) is 10.9. The Kier molecular flexibility index (Phi) is 2.93. The van der Waals surface area contributed by atoms with E-state index < -0.39 is 0 Å². The molecular formula is C10H8BrN5O2. The lowest BCUT2D eigenvalue weighted by Crippen LogP contribution is -2.01. The fraction of sp³-hybridized carbons (Fsp3) is 0.200. The van der Waals surface area contributed by atoms with Crippen molar-refractivity contribution in [3.63, 3.8) is 0 Å². The Morgan fingerprint density at radius 1 is 1.33 bits per heavy atom. The minimum absolute atomic E-state index is 0.439. The topological polar surface area (TPSA) is 82.8 Å². The molecule has 0 spiro atoms. The highest BCUT2D eigenvalue weighted by molar-refractivity contribution is 9.10. The summed E-state index contributed by atoms with van der Waals surface area (Å²) in [4.78, 5) is 8.09. The van der Waals surface area contributed by atoms with Gasteiger partial charge in [-0.05, 0) is 28.1 Å². The Hall–Kier alpha value is -1.96. The number of hydrogen-bond donors (Lipinski definition) is 0. The van der Waals surface area contributed by atoms with Gasteiger partial charge in [-0.1, -0.05) is 5.16 Å². The van der Waals surface area contributed by atoms with Crippen LogP contribution in [0.15, 0.2) is 38.4 Å². The third-order valence-corrected chi connectivity index (χ3v) is 2.71. The van der Waals surface area contributed by atoms with Crippen LogP contribution in [0.2, 0.25) is 0 Å². The number of nitrogens with zero attached hydrogens (tertiary/aromatic N) is 5. The molecule has 0 amide bonds. The molecule has 18 heavy (non-hydrogen) atoms. The first kappa shape index (κ1) is 11.1. The molecule has 0 aliphatic heterocycles. The van der Waals surface area contributed by atoms with E-state index in [-0.39, 0.29) is 0 Å². The first-order chi connectivity index (χ1) is 8.81. The maximum absolute atomic E-state index is 5.34. The molecule has 0 saturated heterocycles. The van der Waals surface area contributed by atoms with E-state index in [1.165, 1.54) is 6.33 Å².